The molecule has 0 aliphatic heterocycles. The molecule has 0 fully saturated rings. The van der Waals surface area contributed by atoms with E-state index in [0.29, 0.717) is 43.7 Å². The van der Waals surface area contributed by atoms with E-state index in [1.54, 1.807) is 107 Å². The van der Waals surface area contributed by atoms with Gasteiger partial charge < -0.3 is 9.47 Å². The van der Waals surface area contributed by atoms with E-state index in [1.807, 2.05) is 0 Å². The van der Waals surface area contributed by atoms with Gasteiger partial charge in [0.2, 0.25) is 0 Å². The smallest absolute Gasteiger partial charge is 0.416 e. The molecule has 0 saturated heterocycles. The molecule has 0 spiro atoms. The molecule has 6 nitrogen and oxygen atoms in total. The minimum atomic E-state index is -4.63. The van der Waals surface area contributed by atoms with Gasteiger partial charge in [0.25, 0.3) is 0 Å². The van der Waals surface area contributed by atoms with Crippen molar-refractivity contribution in [1.82, 2.24) is 0 Å². The third-order valence-corrected chi connectivity index (χ3v) is 11.8. The van der Waals surface area contributed by atoms with Crippen LogP contribution < -0.4 is 4.74 Å². The third-order valence-electron chi connectivity index (χ3n) is 6.31. The maximum absolute atomic E-state index is 14.0. The largest absolute Gasteiger partial charge is 0.482 e. The fraction of sp³-hybridized carbons (Fsp3) is 0.242. The van der Waals surface area contributed by atoms with Crippen molar-refractivity contribution in [2.24, 2.45) is 0 Å². The van der Waals surface area contributed by atoms with Crippen molar-refractivity contribution in [2.75, 3.05) is 6.61 Å². The molecule has 0 atom stereocenters. The number of benzene rings is 4. The SMILES string of the molecule is Cc1cc(OCC(=O)OC(C)(C)C)cc(C)c1S(OS(=O)(=O)c1ccc(C(F)(F)F)cc1)(c1ccccc1)c1ccccc1. The van der Waals surface area contributed by atoms with E-state index >= 15 is 0 Å². The maximum Gasteiger partial charge on any atom is 0.416 e. The summed E-state index contributed by atoms with van der Waals surface area (Å²) in [6.45, 7) is 8.49. The third kappa shape index (κ3) is 7.46. The number of hydrogen-bond donors (Lipinski definition) is 0. The molecule has 4 aromatic rings. The van der Waals surface area contributed by atoms with Gasteiger partial charge in [0, 0.05) is 14.7 Å². The molecule has 0 N–H and O–H groups in total. The van der Waals surface area contributed by atoms with Gasteiger partial charge in [0.1, 0.15) is 11.4 Å². The summed E-state index contributed by atoms with van der Waals surface area (Å²) in [6.07, 6.45) is -4.63. The quantitative estimate of drug-likeness (QED) is 0.169. The van der Waals surface area contributed by atoms with Crippen LogP contribution in [-0.2, 0) is 29.5 Å². The first-order valence-electron chi connectivity index (χ1n) is 13.6. The van der Waals surface area contributed by atoms with Crippen LogP contribution in [0, 0.1) is 13.8 Å². The number of halogens is 3. The highest BCUT2D eigenvalue weighted by Gasteiger charge is 2.41. The second-order valence-corrected chi connectivity index (χ2v) is 15.4. The minimum absolute atomic E-state index is 0.330. The molecule has 0 radical (unpaired) electrons. The van der Waals surface area contributed by atoms with Gasteiger partial charge in [-0.15, -0.1) is 0 Å². The molecule has 4 aromatic carbocycles. The zero-order valence-corrected chi connectivity index (χ0v) is 26.5. The van der Waals surface area contributed by atoms with E-state index in [4.69, 9.17) is 13.1 Å². The highest BCUT2D eigenvalue weighted by Crippen LogP contribution is 2.72. The van der Waals surface area contributed by atoms with E-state index in [2.05, 4.69) is 0 Å². The van der Waals surface area contributed by atoms with Crippen LogP contribution in [0.4, 0.5) is 13.2 Å². The molecule has 0 aromatic heterocycles. The van der Waals surface area contributed by atoms with Gasteiger partial charge >= 0.3 is 22.3 Å². The molecule has 234 valence electrons. The van der Waals surface area contributed by atoms with Gasteiger partial charge in [0.05, 0.1) is 10.5 Å². The first-order valence-corrected chi connectivity index (χ1v) is 16.5. The zero-order chi connectivity index (χ0) is 32.3. The van der Waals surface area contributed by atoms with Crippen molar-refractivity contribution < 1.29 is 39.5 Å². The first kappa shape index (κ1) is 33.1. The van der Waals surface area contributed by atoms with Crippen LogP contribution in [0.5, 0.6) is 5.75 Å². The van der Waals surface area contributed by atoms with Crippen LogP contribution in [0.25, 0.3) is 0 Å². The van der Waals surface area contributed by atoms with E-state index in [9.17, 15) is 26.4 Å². The Labute approximate surface area is 257 Å². The molecule has 0 unspecified atom stereocenters. The summed E-state index contributed by atoms with van der Waals surface area (Å²) in [5.74, 6) is -0.175. The summed E-state index contributed by atoms with van der Waals surface area (Å²) in [4.78, 5) is 13.5. The molecule has 0 heterocycles. The van der Waals surface area contributed by atoms with Crippen molar-refractivity contribution >= 4 is 26.4 Å². The predicted octanol–water partition coefficient (Wildman–Crippen LogP) is 8.64. The lowest BCUT2D eigenvalue weighted by molar-refractivity contribution is -0.157. The lowest BCUT2D eigenvalue weighted by Gasteiger charge is -2.41. The van der Waals surface area contributed by atoms with E-state index < -0.39 is 48.6 Å². The van der Waals surface area contributed by atoms with Crippen LogP contribution in [0.3, 0.4) is 0 Å². The van der Waals surface area contributed by atoms with Crippen LogP contribution >= 0.6 is 10.3 Å². The Morgan fingerprint density at radius 1 is 0.727 bits per heavy atom. The predicted molar refractivity (Wildman–Crippen MR) is 162 cm³/mol. The van der Waals surface area contributed by atoms with Crippen molar-refractivity contribution in [3.05, 3.63) is 114 Å². The van der Waals surface area contributed by atoms with E-state index in [1.165, 1.54) is 0 Å². The molecule has 0 aliphatic rings. The number of rotatable bonds is 9. The number of aryl methyl sites for hydroxylation is 2. The molecule has 0 bridgehead atoms. The molecule has 11 heteroatoms. The molecule has 0 saturated carbocycles. The highest BCUT2D eigenvalue weighted by atomic mass is 32.3. The standard InChI is InChI=1S/C33H33F3O6S2/c1-23-20-26(40-22-30(37)41-32(3,4)5)21-24(2)31(23)43(27-12-8-6-9-13-27,28-14-10-7-11-15-28)42-44(38,39)29-18-16-25(17-19-29)33(34,35)36/h6-21H,22H2,1-5H3. The molecule has 44 heavy (non-hydrogen) atoms. The average molecular weight is 647 g/mol. The molecular formula is C33H33F3O6S2. The summed E-state index contributed by atoms with van der Waals surface area (Å²) in [6, 6.07) is 24.3. The van der Waals surface area contributed by atoms with Gasteiger partial charge in [-0.2, -0.15) is 21.6 Å². The fourth-order valence-electron chi connectivity index (χ4n) is 4.65. The van der Waals surface area contributed by atoms with Crippen LogP contribution in [0.2, 0.25) is 0 Å². The van der Waals surface area contributed by atoms with E-state index in [-0.39, 0.29) is 6.61 Å². The summed E-state index contributed by atoms with van der Waals surface area (Å²) >= 11 is 0. The summed E-state index contributed by atoms with van der Waals surface area (Å²) in [7, 11) is -7.70. The number of ether oxygens (including phenoxy) is 2. The van der Waals surface area contributed by atoms with Crippen LogP contribution in [0.15, 0.2) is 117 Å². The number of hydrogen-bond acceptors (Lipinski definition) is 6. The summed E-state index contributed by atoms with van der Waals surface area (Å²) in [5.41, 5.74) is -0.417. The number of esters is 1. The Bertz CT molecular complexity index is 1650. The summed E-state index contributed by atoms with van der Waals surface area (Å²) in [5, 5.41) is 0. The minimum Gasteiger partial charge on any atom is -0.482 e. The van der Waals surface area contributed by atoms with Crippen molar-refractivity contribution in [2.45, 2.75) is 66.0 Å². The molecular weight excluding hydrogens is 613 g/mol. The number of carbonyl (C=O) groups excluding carboxylic acids is 1. The van der Waals surface area contributed by atoms with Gasteiger partial charge in [-0.05, 0) is 117 Å². The van der Waals surface area contributed by atoms with Crippen LogP contribution in [-0.4, -0.2) is 26.6 Å². The summed E-state index contributed by atoms with van der Waals surface area (Å²) < 4.78 is 85.0. The van der Waals surface area contributed by atoms with E-state index in [0.717, 1.165) is 12.1 Å². The lowest BCUT2D eigenvalue weighted by atomic mass is 10.1. The van der Waals surface area contributed by atoms with Crippen LogP contribution in [0.1, 0.15) is 37.5 Å². The lowest BCUT2D eigenvalue weighted by Crippen LogP contribution is -2.27. The Balaban J connectivity index is 1.89. The average Bonchev–Trinajstić information content (AvgIpc) is 2.95. The highest BCUT2D eigenvalue weighted by molar-refractivity contribution is 8.33. The second kappa shape index (κ2) is 12.7. The van der Waals surface area contributed by atoms with Gasteiger partial charge in [-0.3, -0.25) is 0 Å². The van der Waals surface area contributed by atoms with Crippen molar-refractivity contribution in [1.29, 1.82) is 0 Å². The Morgan fingerprint density at radius 3 is 1.64 bits per heavy atom. The molecule has 4 rings (SSSR count). The zero-order valence-electron chi connectivity index (χ0n) is 24.8. The Morgan fingerprint density at radius 2 is 1.20 bits per heavy atom. The normalized spacial score (nSPS) is 12.9. The topological polar surface area (TPSA) is 78.9 Å². The van der Waals surface area contributed by atoms with Crippen molar-refractivity contribution in [3.63, 3.8) is 0 Å². The maximum atomic E-state index is 14.0. The van der Waals surface area contributed by atoms with Gasteiger partial charge in [-0.25, -0.2) is 8.42 Å². The second-order valence-electron chi connectivity index (χ2n) is 11.0. The van der Waals surface area contributed by atoms with Gasteiger partial charge in [0.15, 0.2) is 6.61 Å². The fourth-order valence-corrected chi connectivity index (χ4v) is 10.3. The molecule has 0 aliphatic carbocycles. The number of carbonyl (C=O) groups is 1. The molecule has 0 amide bonds. The number of alkyl halides is 3. The Kier molecular flexibility index (Phi) is 9.53. The monoisotopic (exact) mass is 646 g/mol. The van der Waals surface area contributed by atoms with Crippen molar-refractivity contribution in [3.8, 4) is 5.75 Å². The van der Waals surface area contributed by atoms with Gasteiger partial charge in [-0.1, -0.05) is 36.4 Å². The first-order chi connectivity index (χ1) is 20.5. The Hall–Kier alpha value is -3.80.